The van der Waals surface area contributed by atoms with Gasteiger partial charge in [0.1, 0.15) is 18.3 Å². The van der Waals surface area contributed by atoms with Gasteiger partial charge in [0.05, 0.1) is 23.2 Å². The van der Waals surface area contributed by atoms with Crippen molar-refractivity contribution >= 4 is 23.9 Å². The highest BCUT2D eigenvalue weighted by Gasteiger charge is 2.88. The summed E-state index contributed by atoms with van der Waals surface area (Å²) in [5, 5.41) is 12.2. The number of hydrogen-bond acceptors (Lipinski definition) is 11. The fraction of sp³-hybridized carbons (Fsp3) is 0.769. The van der Waals surface area contributed by atoms with Gasteiger partial charge in [-0.2, -0.15) is 0 Å². The molecule has 0 bridgehead atoms. The molecule has 5 rings (SSSR count). The smallest absolute Gasteiger partial charge is 0.342 e. The first kappa shape index (κ1) is 26.1. The first-order valence-corrected chi connectivity index (χ1v) is 12.6. The van der Waals surface area contributed by atoms with E-state index < -0.39 is 82.5 Å². The van der Waals surface area contributed by atoms with Crippen LogP contribution in [0.25, 0.3) is 0 Å². The molecule has 1 saturated carbocycles. The molecule has 4 fully saturated rings. The van der Waals surface area contributed by atoms with Crippen molar-refractivity contribution in [2.24, 2.45) is 11.3 Å². The number of aliphatic hydroxyl groups excluding tert-OH is 1. The summed E-state index contributed by atoms with van der Waals surface area (Å²) in [6, 6.07) is 0. The Balaban J connectivity index is 1.75. The zero-order valence-electron chi connectivity index (χ0n) is 22.1. The van der Waals surface area contributed by atoms with Gasteiger partial charge in [0, 0.05) is 39.5 Å². The van der Waals surface area contributed by atoms with Gasteiger partial charge in [-0.25, -0.2) is 4.79 Å². The average molecular weight is 523 g/mol. The molecule has 204 valence electrons. The van der Waals surface area contributed by atoms with Gasteiger partial charge >= 0.3 is 23.9 Å². The summed E-state index contributed by atoms with van der Waals surface area (Å²) in [6.07, 6.45) is -3.58. The zero-order valence-corrected chi connectivity index (χ0v) is 22.1. The molecule has 3 heterocycles. The number of ether oxygens (including phenoxy) is 6. The van der Waals surface area contributed by atoms with Gasteiger partial charge in [-0.15, -0.1) is 0 Å². The predicted octanol–water partition coefficient (Wildman–Crippen LogP) is 1.13. The lowest BCUT2D eigenvalue weighted by Crippen LogP contribution is -2.67. The van der Waals surface area contributed by atoms with Gasteiger partial charge in [-0.3, -0.25) is 14.4 Å². The van der Waals surface area contributed by atoms with Crippen molar-refractivity contribution in [1.82, 2.24) is 0 Å². The van der Waals surface area contributed by atoms with Crippen molar-refractivity contribution in [3.05, 3.63) is 11.6 Å². The Hall–Kier alpha value is -2.50. The summed E-state index contributed by atoms with van der Waals surface area (Å²) < 4.78 is 35.2. The first-order chi connectivity index (χ1) is 17.1. The Morgan fingerprint density at radius 1 is 1.03 bits per heavy atom. The van der Waals surface area contributed by atoms with E-state index in [9.17, 15) is 24.3 Å². The fourth-order valence-electron chi connectivity index (χ4n) is 7.41. The Morgan fingerprint density at radius 2 is 1.65 bits per heavy atom. The van der Waals surface area contributed by atoms with E-state index in [4.69, 9.17) is 28.4 Å². The molecule has 5 aliphatic rings. The van der Waals surface area contributed by atoms with E-state index in [1.165, 1.54) is 20.8 Å². The molecule has 0 radical (unpaired) electrons. The van der Waals surface area contributed by atoms with Crippen molar-refractivity contribution in [3.8, 4) is 0 Å². The van der Waals surface area contributed by atoms with Crippen LogP contribution in [0.1, 0.15) is 61.3 Å². The number of esters is 4. The van der Waals surface area contributed by atoms with E-state index in [-0.39, 0.29) is 18.9 Å². The summed E-state index contributed by atoms with van der Waals surface area (Å²) in [4.78, 5) is 49.8. The predicted molar refractivity (Wildman–Crippen MR) is 123 cm³/mol. The number of fused-ring (bicyclic) bond motifs is 3. The Bertz CT molecular complexity index is 1100. The summed E-state index contributed by atoms with van der Waals surface area (Å²) in [5.41, 5.74) is -4.41. The maximum Gasteiger partial charge on any atom is 0.342 e. The van der Waals surface area contributed by atoms with Gasteiger partial charge in [-0.05, 0) is 26.8 Å². The molecule has 2 aliphatic carbocycles. The Labute approximate surface area is 214 Å². The highest BCUT2D eigenvalue weighted by atomic mass is 16.7. The minimum absolute atomic E-state index is 0.130. The second kappa shape index (κ2) is 8.00. The van der Waals surface area contributed by atoms with E-state index in [0.717, 1.165) is 0 Å². The van der Waals surface area contributed by atoms with Crippen molar-refractivity contribution < 1.29 is 52.7 Å². The molecule has 3 aliphatic heterocycles. The van der Waals surface area contributed by atoms with Crippen LogP contribution in [0, 0.1) is 11.3 Å². The van der Waals surface area contributed by atoms with Gasteiger partial charge in [0.2, 0.25) is 0 Å². The molecular weight excluding hydrogens is 488 g/mol. The summed E-state index contributed by atoms with van der Waals surface area (Å²) >= 11 is 0. The van der Waals surface area contributed by atoms with Crippen LogP contribution in [0.5, 0.6) is 0 Å². The van der Waals surface area contributed by atoms with E-state index >= 15 is 0 Å². The zero-order chi connectivity index (χ0) is 27.3. The topological polar surface area (TPSA) is 150 Å². The van der Waals surface area contributed by atoms with Crippen LogP contribution < -0.4 is 0 Å². The molecule has 0 unspecified atom stereocenters. The van der Waals surface area contributed by atoms with E-state index in [1.807, 2.05) is 6.92 Å². The standard InChI is InChI=1S/C26H34O11/c1-11-8-15(32-12(2)27)21(34-14(4)29)23(5)16(33-13(3)28)10-17-24(6,36-17)19(23)20(30)26-18(9-11)35-22(31)25(26,7)37-26/h9,15-21,30H,8,10H2,1-7H3/b11-9-/t15-,16-,17-,18-,19+,20-,21-,23-,24-,25-,26-/m0/s1. The van der Waals surface area contributed by atoms with Crippen LogP contribution in [0.15, 0.2) is 11.6 Å². The van der Waals surface area contributed by atoms with Crippen molar-refractivity contribution in [2.45, 2.75) is 115 Å². The maximum absolute atomic E-state index is 12.9. The molecule has 11 nitrogen and oxygen atoms in total. The lowest BCUT2D eigenvalue weighted by molar-refractivity contribution is -0.224. The molecule has 11 atom stereocenters. The molecular formula is C26H34O11. The van der Waals surface area contributed by atoms with Crippen molar-refractivity contribution in [3.63, 3.8) is 0 Å². The minimum Gasteiger partial charge on any atom is -0.462 e. The van der Waals surface area contributed by atoms with Crippen LogP contribution in [0.4, 0.5) is 0 Å². The molecule has 1 N–H and O–H groups in total. The third kappa shape index (κ3) is 3.50. The van der Waals surface area contributed by atoms with Crippen LogP contribution in [-0.4, -0.2) is 82.4 Å². The maximum atomic E-state index is 12.9. The monoisotopic (exact) mass is 522 g/mol. The van der Waals surface area contributed by atoms with E-state index in [2.05, 4.69) is 0 Å². The summed E-state index contributed by atoms with van der Waals surface area (Å²) in [7, 11) is 0. The molecule has 0 amide bonds. The third-order valence-electron chi connectivity index (χ3n) is 9.09. The lowest BCUT2D eigenvalue weighted by atomic mass is 9.53. The molecule has 3 saturated heterocycles. The van der Waals surface area contributed by atoms with E-state index in [0.29, 0.717) is 5.57 Å². The van der Waals surface area contributed by atoms with Crippen LogP contribution >= 0.6 is 0 Å². The number of epoxide rings is 2. The molecule has 0 aromatic rings. The average Bonchev–Trinajstić information content (AvgIpc) is 3.59. The highest BCUT2D eigenvalue weighted by Crippen LogP contribution is 2.69. The van der Waals surface area contributed by atoms with Gasteiger partial charge < -0.3 is 33.5 Å². The number of carbonyl (C=O) groups excluding carboxylic acids is 4. The van der Waals surface area contributed by atoms with Crippen LogP contribution in [-0.2, 0) is 47.6 Å². The number of hydrogen-bond donors (Lipinski definition) is 1. The molecule has 1 spiro atoms. The molecule has 0 aromatic carbocycles. The molecule has 11 heteroatoms. The second-order valence-corrected chi connectivity index (χ2v) is 11.6. The van der Waals surface area contributed by atoms with Gasteiger partial charge in [0.25, 0.3) is 0 Å². The number of carbonyl (C=O) groups is 4. The number of aliphatic hydroxyl groups is 1. The van der Waals surface area contributed by atoms with Crippen molar-refractivity contribution in [2.75, 3.05) is 0 Å². The lowest BCUT2D eigenvalue weighted by Gasteiger charge is -2.54. The van der Waals surface area contributed by atoms with E-state index in [1.54, 1.807) is 26.8 Å². The van der Waals surface area contributed by atoms with Crippen LogP contribution in [0.2, 0.25) is 0 Å². The second-order valence-electron chi connectivity index (χ2n) is 11.6. The highest BCUT2D eigenvalue weighted by molar-refractivity contribution is 5.89. The largest absolute Gasteiger partial charge is 0.462 e. The normalized spacial score (nSPS) is 51.0. The summed E-state index contributed by atoms with van der Waals surface area (Å²) in [5.74, 6) is -3.27. The Morgan fingerprint density at radius 3 is 2.22 bits per heavy atom. The quantitative estimate of drug-likeness (QED) is 0.246. The molecule has 37 heavy (non-hydrogen) atoms. The SMILES string of the molecule is CC(=O)O[C@H]1C/C(C)=C\[C@@H]2OC(=O)[C@]3(C)O[C@]23[C@@H](O)[C@H]2[C@@]3(C)O[C@H]3C[C@H](OC(C)=O)[C@]2(C)[C@H]1OC(C)=O. The molecule has 0 aromatic heterocycles. The third-order valence-corrected chi connectivity index (χ3v) is 9.09. The summed E-state index contributed by atoms with van der Waals surface area (Å²) in [6.45, 7) is 10.7. The fourth-order valence-corrected chi connectivity index (χ4v) is 7.41. The van der Waals surface area contributed by atoms with Crippen molar-refractivity contribution in [1.29, 1.82) is 0 Å². The minimum atomic E-state index is -1.43. The van der Waals surface area contributed by atoms with Crippen LogP contribution in [0.3, 0.4) is 0 Å². The van der Waals surface area contributed by atoms with Gasteiger partial charge in [-0.1, -0.05) is 12.5 Å². The van der Waals surface area contributed by atoms with Gasteiger partial charge in [0.15, 0.2) is 17.3 Å². The first-order valence-electron chi connectivity index (χ1n) is 12.6. The Kier molecular flexibility index (Phi) is 5.65. The number of rotatable bonds is 3.